The predicted octanol–water partition coefficient (Wildman–Crippen LogP) is 1.90. The molecule has 0 amide bonds. The summed E-state index contributed by atoms with van der Waals surface area (Å²) in [5.41, 5.74) is 0.957. The van der Waals surface area contributed by atoms with Crippen molar-refractivity contribution < 1.29 is 9.90 Å². The zero-order valence-electron chi connectivity index (χ0n) is 14.8. The first-order valence-electron chi connectivity index (χ1n) is 9.09. The van der Waals surface area contributed by atoms with Crippen LogP contribution in [-0.4, -0.2) is 67.7 Å². The fourth-order valence-electron chi connectivity index (χ4n) is 3.80. The molecule has 134 valence electrons. The van der Waals surface area contributed by atoms with Gasteiger partial charge in [0.2, 0.25) is 0 Å². The largest absolute Gasteiger partial charge is 0.478 e. The standard InChI is InChI=1S/C18H25N5O2/c1-12(2)22-8-7-21(9-13-3-4-13)11-15(22)17-20-19-16-6-5-14(18(24)25)10-23(16)17/h5-6,10,12-13,15H,3-4,7-9,11H2,1-2H3,(H,24,25). The Kier molecular flexibility index (Phi) is 4.21. The monoisotopic (exact) mass is 343 g/mol. The van der Waals surface area contributed by atoms with Gasteiger partial charge in [0.25, 0.3) is 0 Å². The molecule has 1 aliphatic heterocycles. The second-order valence-electron chi connectivity index (χ2n) is 7.56. The Morgan fingerprint density at radius 1 is 1.28 bits per heavy atom. The van der Waals surface area contributed by atoms with Gasteiger partial charge in [0, 0.05) is 38.4 Å². The summed E-state index contributed by atoms with van der Waals surface area (Å²) in [7, 11) is 0. The van der Waals surface area contributed by atoms with Crippen molar-refractivity contribution in [2.45, 2.75) is 38.8 Å². The summed E-state index contributed by atoms with van der Waals surface area (Å²) in [6.45, 7) is 8.59. The maximum atomic E-state index is 11.3. The van der Waals surface area contributed by atoms with Crippen molar-refractivity contribution in [1.82, 2.24) is 24.4 Å². The van der Waals surface area contributed by atoms with Crippen LogP contribution >= 0.6 is 0 Å². The highest BCUT2D eigenvalue weighted by Crippen LogP contribution is 2.33. The zero-order valence-corrected chi connectivity index (χ0v) is 14.8. The molecular weight excluding hydrogens is 318 g/mol. The SMILES string of the molecule is CC(C)N1CCN(CC2CC2)CC1c1nnc2ccc(C(=O)O)cn12. The van der Waals surface area contributed by atoms with E-state index in [4.69, 9.17) is 0 Å². The molecule has 4 rings (SSSR count). The minimum absolute atomic E-state index is 0.131. The van der Waals surface area contributed by atoms with Gasteiger partial charge in [-0.1, -0.05) is 0 Å². The van der Waals surface area contributed by atoms with E-state index in [1.807, 2.05) is 4.40 Å². The van der Waals surface area contributed by atoms with Gasteiger partial charge in [-0.25, -0.2) is 4.79 Å². The van der Waals surface area contributed by atoms with E-state index in [2.05, 4.69) is 33.8 Å². The van der Waals surface area contributed by atoms with Crippen molar-refractivity contribution in [2.75, 3.05) is 26.2 Å². The van der Waals surface area contributed by atoms with Gasteiger partial charge < -0.3 is 5.11 Å². The quantitative estimate of drug-likeness (QED) is 0.894. The maximum Gasteiger partial charge on any atom is 0.337 e. The van der Waals surface area contributed by atoms with Gasteiger partial charge in [-0.2, -0.15) is 0 Å². The van der Waals surface area contributed by atoms with E-state index in [0.717, 1.165) is 31.4 Å². The van der Waals surface area contributed by atoms with E-state index in [1.165, 1.54) is 19.4 Å². The third-order valence-electron chi connectivity index (χ3n) is 5.36. The second kappa shape index (κ2) is 6.38. The van der Waals surface area contributed by atoms with Crippen LogP contribution in [0.15, 0.2) is 18.3 Å². The summed E-state index contributed by atoms with van der Waals surface area (Å²) in [6, 6.07) is 3.84. The number of aromatic nitrogens is 3. The molecule has 25 heavy (non-hydrogen) atoms. The van der Waals surface area contributed by atoms with Gasteiger partial charge in [0.05, 0.1) is 11.6 Å². The molecule has 0 spiro atoms. The van der Waals surface area contributed by atoms with Crippen molar-refractivity contribution >= 4 is 11.6 Å². The first-order valence-corrected chi connectivity index (χ1v) is 9.09. The number of nitrogens with zero attached hydrogens (tertiary/aromatic N) is 5. The Hall–Kier alpha value is -1.99. The average Bonchev–Trinajstić information content (AvgIpc) is 3.30. The van der Waals surface area contributed by atoms with E-state index in [1.54, 1.807) is 18.3 Å². The lowest BCUT2D eigenvalue weighted by Crippen LogP contribution is -2.51. The number of hydrogen-bond acceptors (Lipinski definition) is 5. The fourth-order valence-corrected chi connectivity index (χ4v) is 3.80. The minimum Gasteiger partial charge on any atom is -0.478 e. The molecule has 0 bridgehead atoms. The Bertz CT molecular complexity index is 783. The Labute approximate surface area is 147 Å². The van der Waals surface area contributed by atoms with Crippen LogP contribution in [0.25, 0.3) is 5.65 Å². The van der Waals surface area contributed by atoms with Crippen LogP contribution in [0.3, 0.4) is 0 Å². The fraction of sp³-hybridized carbons (Fsp3) is 0.611. The summed E-state index contributed by atoms with van der Waals surface area (Å²) in [5.74, 6) is 0.772. The molecule has 7 heteroatoms. The number of rotatable bonds is 5. The molecule has 1 N–H and O–H groups in total. The van der Waals surface area contributed by atoms with E-state index >= 15 is 0 Å². The number of piperazine rings is 1. The van der Waals surface area contributed by atoms with Crippen molar-refractivity contribution in [3.05, 3.63) is 29.7 Å². The average molecular weight is 343 g/mol. The third-order valence-corrected chi connectivity index (χ3v) is 5.36. The normalized spacial score (nSPS) is 22.8. The lowest BCUT2D eigenvalue weighted by molar-refractivity contribution is 0.0437. The zero-order chi connectivity index (χ0) is 17.6. The highest BCUT2D eigenvalue weighted by molar-refractivity contribution is 5.87. The summed E-state index contributed by atoms with van der Waals surface area (Å²) in [6.07, 6.45) is 4.35. The molecule has 2 aromatic rings. The molecular formula is C18H25N5O2. The van der Waals surface area contributed by atoms with Crippen molar-refractivity contribution in [2.24, 2.45) is 5.92 Å². The smallest absolute Gasteiger partial charge is 0.337 e. The van der Waals surface area contributed by atoms with Crippen molar-refractivity contribution in [3.63, 3.8) is 0 Å². The van der Waals surface area contributed by atoms with Crippen LogP contribution in [0.2, 0.25) is 0 Å². The van der Waals surface area contributed by atoms with Gasteiger partial charge in [-0.05, 0) is 44.7 Å². The molecule has 2 aromatic heterocycles. The minimum atomic E-state index is -0.929. The van der Waals surface area contributed by atoms with Gasteiger partial charge in [0.15, 0.2) is 11.5 Å². The van der Waals surface area contributed by atoms with E-state index in [-0.39, 0.29) is 11.6 Å². The lowest BCUT2D eigenvalue weighted by atomic mass is 10.1. The van der Waals surface area contributed by atoms with E-state index in [9.17, 15) is 9.90 Å². The van der Waals surface area contributed by atoms with Crippen LogP contribution in [0.4, 0.5) is 0 Å². The van der Waals surface area contributed by atoms with Crippen LogP contribution in [0.5, 0.6) is 0 Å². The third kappa shape index (κ3) is 3.26. The summed E-state index contributed by atoms with van der Waals surface area (Å²) >= 11 is 0. The molecule has 0 aromatic carbocycles. The van der Waals surface area contributed by atoms with Gasteiger partial charge >= 0.3 is 5.97 Å². The molecule has 7 nitrogen and oxygen atoms in total. The molecule has 2 fully saturated rings. The number of hydrogen-bond donors (Lipinski definition) is 1. The Morgan fingerprint density at radius 2 is 2.08 bits per heavy atom. The Balaban J connectivity index is 1.69. The number of carboxylic acids is 1. The first-order chi connectivity index (χ1) is 12.0. The maximum absolute atomic E-state index is 11.3. The number of carbonyl (C=O) groups is 1. The molecule has 1 unspecified atom stereocenters. The number of pyridine rings is 1. The highest BCUT2D eigenvalue weighted by Gasteiger charge is 2.35. The van der Waals surface area contributed by atoms with E-state index < -0.39 is 5.97 Å². The molecule has 1 saturated heterocycles. The van der Waals surface area contributed by atoms with Crippen LogP contribution in [0, 0.1) is 5.92 Å². The van der Waals surface area contributed by atoms with Crippen LogP contribution in [-0.2, 0) is 0 Å². The van der Waals surface area contributed by atoms with Crippen molar-refractivity contribution in [3.8, 4) is 0 Å². The first kappa shape index (κ1) is 16.5. The number of carboxylic acid groups (broad SMARTS) is 1. The van der Waals surface area contributed by atoms with Crippen LogP contribution < -0.4 is 0 Å². The Morgan fingerprint density at radius 3 is 2.76 bits per heavy atom. The molecule has 2 aliphatic rings. The summed E-state index contributed by atoms with van der Waals surface area (Å²) < 4.78 is 1.85. The van der Waals surface area contributed by atoms with Gasteiger partial charge in [-0.15, -0.1) is 10.2 Å². The summed E-state index contributed by atoms with van der Waals surface area (Å²) in [5, 5.41) is 18.0. The second-order valence-corrected chi connectivity index (χ2v) is 7.56. The molecule has 1 atom stereocenters. The summed E-state index contributed by atoms with van der Waals surface area (Å²) in [4.78, 5) is 16.3. The van der Waals surface area contributed by atoms with Crippen molar-refractivity contribution in [1.29, 1.82) is 0 Å². The van der Waals surface area contributed by atoms with Gasteiger partial charge in [0.1, 0.15) is 0 Å². The highest BCUT2D eigenvalue weighted by atomic mass is 16.4. The molecule has 3 heterocycles. The predicted molar refractivity (Wildman–Crippen MR) is 93.7 cm³/mol. The number of fused-ring (bicyclic) bond motifs is 1. The van der Waals surface area contributed by atoms with E-state index in [0.29, 0.717) is 11.7 Å². The lowest BCUT2D eigenvalue weighted by Gasteiger charge is -2.42. The topological polar surface area (TPSA) is 74.0 Å². The molecule has 1 aliphatic carbocycles. The number of aromatic carboxylic acids is 1. The molecule has 0 radical (unpaired) electrons. The molecule has 1 saturated carbocycles. The van der Waals surface area contributed by atoms with Crippen LogP contribution in [0.1, 0.15) is 48.9 Å². The van der Waals surface area contributed by atoms with Gasteiger partial charge in [-0.3, -0.25) is 14.2 Å².